The molecule has 23 heavy (non-hydrogen) atoms. The van der Waals surface area contributed by atoms with Gasteiger partial charge in [0.15, 0.2) is 18.2 Å². The highest BCUT2D eigenvalue weighted by atomic mass is 19.1. The summed E-state index contributed by atoms with van der Waals surface area (Å²) in [5.41, 5.74) is 5.36. The van der Waals surface area contributed by atoms with Crippen molar-refractivity contribution in [1.82, 2.24) is 10.2 Å². The highest BCUT2D eigenvalue weighted by molar-refractivity contribution is 5.81. The van der Waals surface area contributed by atoms with Gasteiger partial charge in [0.25, 0.3) is 5.91 Å². The topological polar surface area (TPSA) is 84.7 Å². The van der Waals surface area contributed by atoms with E-state index >= 15 is 0 Å². The Bertz CT molecular complexity index is 553. The van der Waals surface area contributed by atoms with Crippen molar-refractivity contribution in [2.24, 2.45) is 11.7 Å². The fraction of sp³-hybridized carbons (Fsp3) is 0.500. The van der Waals surface area contributed by atoms with Crippen molar-refractivity contribution >= 4 is 11.8 Å². The highest BCUT2D eigenvalue weighted by Crippen LogP contribution is 2.18. The Morgan fingerprint density at radius 3 is 2.91 bits per heavy atom. The van der Waals surface area contributed by atoms with E-state index in [9.17, 15) is 14.0 Å². The standard InChI is InChI=1S/C16H22FN3O3/c17-13-5-1-2-6-14(13)23-11-15(21)20-9-3-4-12(10-20)16(22)19-8-7-18/h1-2,5-6,12H,3-4,7-11,18H2,(H,19,22). The van der Waals surface area contributed by atoms with Crippen molar-refractivity contribution in [2.75, 3.05) is 32.8 Å². The molecule has 1 aromatic rings. The van der Waals surface area contributed by atoms with E-state index in [-0.39, 0.29) is 30.1 Å². The number of carbonyl (C=O) groups is 2. The van der Waals surface area contributed by atoms with Crippen LogP contribution in [0.1, 0.15) is 12.8 Å². The molecule has 0 radical (unpaired) electrons. The maximum Gasteiger partial charge on any atom is 0.260 e. The SMILES string of the molecule is NCCNC(=O)C1CCCN(C(=O)COc2ccccc2F)C1. The van der Waals surface area contributed by atoms with Gasteiger partial charge in [-0.05, 0) is 25.0 Å². The molecule has 1 aromatic carbocycles. The molecule has 7 heteroatoms. The third kappa shape index (κ3) is 4.92. The number of hydrogen-bond donors (Lipinski definition) is 2. The number of hydrogen-bond acceptors (Lipinski definition) is 4. The molecule has 0 saturated carbocycles. The van der Waals surface area contributed by atoms with Gasteiger partial charge in [0, 0.05) is 26.2 Å². The van der Waals surface area contributed by atoms with Crippen molar-refractivity contribution in [2.45, 2.75) is 12.8 Å². The van der Waals surface area contributed by atoms with Gasteiger partial charge in [0.2, 0.25) is 5.91 Å². The van der Waals surface area contributed by atoms with Gasteiger partial charge in [-0.25, -0.2) is 4.39 Å². The Morgan fingerprint density at radius 1 is 1.39 bits per heavy atom. The zero-order chi connectivity index (χ0) is 16.7. The molecule has 1 aliphatic heterocycles. The van der Waals surface area contributed by atoms with E-state index in [1.54, 1.807) is 17.0 Å². The number of rotatable bonds is 6. The van der Waals surface area contributed by atoms with Crippen molar-refractivity contribution in [3.05, 3.63) is 30.1 Å². The van der Waals surface area contributed by atoms with E-state index in [2.05, 4.69) is 5.32 Å². The molecular weight excluding hydrogens is 301 g/mol. The number of piperidine rings is 1. The molecule has 2 amide bonds. The Kier molecular flexibility index (Phi) is 6.34. The molecule has 6 nitrogen and oxygen atoms in total. The monoisotopic (exact) mass is 323 g/mol. The molecule has 2 rings (SSSR count). The van der Waals surface area contributed by atoms with Gasteiger partial charge < -0.3 is 20.7 Å². The lowest BCUT2D eigenvalue weighted by Gasteiger charge is -2.32. The van der Waals surface area contributed by atoms with Gasteiger partial charge in [-0.2, -0.15) is 0 Å². The zero-order valence-corrected chi connectivity index (χ0v) is 13.0. The third-order valence-electron chi connectivity index (χ3n) is 3.78. The predicted molar refractivity (Wildman–Crippen MR) is 83.3 cm³/mol. The average molecular weight is 323 g/mol. The van der Waals surface area contributed by atoms with Crippen molar-refractivity contribution < 1.29 is 18.7 Å². The van der Waals surface area contributed by atoms with Gasteiger partial charge in [0.05, 0.1) is 5.92 Å². The van der Waals surface area contributed by atoms with Crippen LogP contribution >= 0.6 is 0 Å². The summed E-state index contributed by atoms with van der Waals surface area (Å²) < 4.78 is 18.7. The fourth-order valence-electron chi connectivity index (χ4n) is 2.55. The van der Waals surface area contributed by atoms with Crippen LogP contribution < -0.4 is 15.8 Å². The van der Waals surface area contributed by atoms with Crippen molar-refractivity contribution in [3.8, 4) is 5.75 Å². The van der Waals surface area contributed by atoms with Crippen LogP contribution in [0.4, 0.5) is 4.39 Å². The number of likely N-dealkylation sites (tertiary alicyclic amines) is 1. The van der Waals surface area contributed by atoms with Crippen LogP contribution in [0, 0.1) is 11.7 Å². The van der Waals surface area contributed by atoms with E-state index in [4.69, 9.17) is 10.5 Å². The molecule has 1 unspecified atom stereocenters. The van der Waals surface area contributed by atoms with Crippen LogP contribution in [0.25, 0.3) is 0 Å². The van der Waals surface area contributed by atoms with Crippen molar-refractivity contribution in [1.29, 1.82) is 0 Å². The number of carbonyl (C=O) groups excluding carboxylic acids is 2. The van der Waals surface area contributed by atoms with Gasteiger partial charge in [-0.15, -0.1) is 0 Å². The maximum absolute atomic E-state index is 13.5. The van der Waals surface area contributed by atoms with Crippen LogP contribution in [0.2, 0.25) is 0 Å². The number of halogens is 1. The Hall–Kier alpha value is -2.15. The molecule has 1 heterocycles. The lowest BCUT2D eigenvalue weighted by atomic mass is 9.97. The summed E-state index contributed by atoms with van der Waals surface area (Å²) in [4.78, 5) is 25.7. The number of nitrogens with two attached hydrogens (primary N) is 1. The average Bonchev–Trinajstić information content (AvgIpc) is 2.58. The second-order valence-electron chi connectivity index (χ2n) is 5.48. The minimum absolute atomic E-state index is 0.0510. The molecule has 1 atom stereocenters. The number of para-hydroxylation sites is 1. The molecule has 0 aliphatic carbocycles. The van der Waals surface area contributed by atoms with Gasteiger partial charge in [0.1, 0.15) is 0 Å². The van der Waals surface area contributed by atoms with E-state index in [1.165, 1.54) is 12.1 Å². The number of benzene rings is 1. The summed E-state index contributed by atoms with van der Waals surface area (Å²) in [5, 5.41) is 2.74. The van der Waals surface area contributed by atoms with Crippen LogP contribution in [0.15, 0.2) is 24.3 Å². The molecule has 1 fully saturated rings. The lowest BCUT2D eigenvalue weighted by Crippen LogP contribution is -2.47. The summed E-state index contributed by atoms with van der Waals surface area (Å²) in [6, 6.07) is 5.95. The second-order valence-corrected chi connectivity index (χ2v) is 5.48. The van der Waals surface area contributed by atoms with Gasteiger partial charge in [-0.3, -0.25) is 9.59 Å². The minimum atomic E-state index is -0.502. The van der Waals surface area contributed by atoms with Crippen LogP contribution in [0.3, 0.4) is 0 Å². The summed E-state index contributed by atoms with van der Waals surface area (Å²) >= 11 is 0. The number of ether oxygens (including phenoxy) is 1. The molecule has 3 N–H and O–H groups in total. The third-order valence-corrected chi connectivity index (χ3v) is 3.78. The Labute approximate surface area is 134 Å². The smallest absolute Gasteiger partial charge is 0.260 e. The number of amides is 2. The first-order valence-electron chi connectivity index (χ1n) is 7.74. The van der Waals surface area contributed by atoms with E-state index in [0.29, 0.717) is 26.2 Å². The van der Waals surface area contributed by atoms with E-state index in [0.717, 1.165) is 12.8 Å². The Morgan fingerprint density at radius 2 is 2.17 bits per heavy atom. The van der Waals surface area contributed by atoms with Crippen LogP contribution in [-0.2, 0) is 9.59 Å². The maximum atomic E-state index is 13.5. The minimum Gasteiger partial charge on any atom is -0.481 e. The predicted octanol–water partition coefficient (Wildman–Crippen LogP) is 0.518. The molecule has 1 aliphatic rings. The molecule has 0 spiro atoms. The highest BCUT2D eigenvalue weighted by Gasteiger charge is 2.28. The molecule has 1 saturated heterocycles. The quantitative estimate of drug-likeness (QED) is 0.799. The Balaban J connectivity index is 1.84. The molecule has 126 valence electrons. The summed E-state index contributed by atoms with van der Waals surface area (Å²) in [6.07, 6.45) is 1.50. The van der Waals surface area contributed by atoms with E-state index in [1.807, 2.05) is 0 Å². The lowest BCUT2D eigenvalue weighted by molar-refractivity contribution is -0.137. The van der Waals surface area contributed by atoms with Crippen LogP contribution in [0.5, 0.6) is 5.75 Å². The fourth-order valence-corrected chi connectivity index (χ4v) is 2.55. The van der Waals surface area contributed by atoms with Crippen LogP contribution in [-0.4, -0.2) is 49.5 Å². The zero-order valence-electron chi connectivity index (χ0n) is 13.0. The van der Waals surface area contributed by atoms with Crippen molar-refractivity contribution in [3.63, 3.8) is 0 Å². The first kappa shape index (κ1) is 17.2. The molecule has 0 bridgehead atoms. The molecule has 0 aromatic heterocycles. The van der Waals surface area contributed by atoms with E-state index < -0.39 is 5.82 Å². The number of nitrogens with zero attached hydrogens (tertiary/aromatic N) is 1. The normalized spacial score (nSPS) is 17.7. The largest absolute Gasteiger partial charge is 0.481 e. The van der Waals surface area contributed by atoms with Gasteiger partial charge in [-0.1, -0.05) is 12.1 Å². The van der Waals surface area contributed by atoms with Gasteiger partial charge >= 0.3 is 0 Å². The summed E-state index contributed by atoms with van der Waals surface area (Å²) in [5.74, 6) is -1.01. The first-order chi connectivity index (χ1) is 11.1. The first-order valence-corrected chi connectivity index (χ1v) is 7.74. The molecular formula is C16H22FN3O3. The second kappa shape index (κ2) is 8.47. The summed E-state index contributed by atoms with van der Waals surface area (Å²) in [6.45, 7) is 1.52. The summed E-state index contributed by atoms with van der Waals surface area (Å²) in [7, 11) is 0. The number of nitrogens with one attached hydrogen (secondary N) is 1.